The minimum absolute atomic E-state index is 0.789. The summed E-state index contributed by atoms with van der Waals surface area (Å²) in [6.45, 7) is 4.49. The van der Waals surface area contributed by atoms with E-state index in [0.717, 1.165) is 19.0 Å². The lowest BCUT2D eigenvalue weighted by Crippen LogP contribution is -2.37. The zero-order valence-electron chi connectivity index (χ0n) is 12.2. The standard InChI is InChI=1S/C17H23N3/c1-20-8-4-5-14(13-20)9-18-11-16-12-19-10-15-6-2-3-7-17(15)16/h2-3,6-7,10,12,14,18H,4-5,8-9,11,13H2,1H3. The van der Waals surface area contributed by atoms with Crippen molar-refractivity contribution in [1.82, 2.24) is 15.2 Å². The zero-order valence-corrected chi connectivity index (χ0v) is 12.2. The van der Waals surface area contributed by atoms with Crippen LogP contribution in [-0.2, 0) is 6.54 Å². The van der Waals surface area contributed by atoms with Crippen molar-refractivity contribution >= 4 is 10.8 Å². The molecule has 1 aromatic carbocycles. The maximum atomic E-state index is 4.34. The summed E-state index contributed by atoms with van der Waals surface area (Å²) < 4.78 is 0. The van der Waals surface area contributed by atoms with Crippen molar-refractivity contribution in [2.45, 2.75) is 19.4 Å². The highest BCUT2D eigenvalue weighted by Gasteiger charge is 2.16. The predicted octanol–water partition coefficient (Wildman–Crippen LogP) is 2.67. The van der Waals surface area contributed by atoms with Gasteiger partial charge in [0.25, 0.3) is 0 Å². The molecule has 0 radical (unpaired) electrons. The van der Waals surface area contributed by atoms with Crippen molar-refractivity contribution in [3.05, 3.63) is 42.2 Å². The van der Waals surface area contributed by atoms with Crippen molar-refractivity contribution in [3.63, 3.8) is 0 Å². The van der Waals surface area contributed by atoms with Gasteiger partial charge in [-0.15, -0.1) is 0 Å². The Kier molecular flexibility index (Phi) is 4.28. The molecule has 3 heteroatoms. The van der Waals surface area contributed by atoms with Gasteiger partial charge in [0.05, 0.1) is 0 Å². The number of rotatable bonds is 4. The summed E-state index contributed by atoms with van der Waals surface area (Å²) in [7, 11) is 2.22. The molecule has 0 aliphatic carbocycles. The second-order valence-electron chi connectivity index (χ2n) is 5.92. The van der Waals surface area contributed by atoms with Crippen LogP contribution in [0.15, 0.2) is 36.7 Å². The summed E-state index contributed by atoms with van der Waals surface area (Å²) in [5, 5.41) is 6.16. The second kappa shape index (κ2) is 6.33. The number of nitrogens with one attached hydrogen (secondary N) is 1. The average molecular weight is 269 g/mol. The van der Waals surface area contributed by atoms with Crippen LogP contribution >= 0.6 is 0 Å². The summed E-state index contributed by atoms with van der Waals surface area (Å²) in [4.78, 5) is 6.78. The van der Waals surface area contributed by atoms with E-state index >= 15 is 0 Å². The number of likely N-dealkylation sites (tertiary alicyclic amines) is 1. The van der Waals surface area contributed by atoms with Gasteiger partial charge in [-0.2, -0.15) is 0 Å². The van der Waals surface area contributed by atoms with Gasteiger partial charge in [-0.05, 0) is 49.8 Å². The fraction of sp³-hybridized carbons (Fsp3) is 0.471. The van der Waals surface area contributed by atoms with Crippen LogP contribution in [0.3, 0.4) is 0 Å². The van der Waals surface area contributed by atoms with Crippen LogP contribution in [0.2, 0.25) is 0 Å². The molecule has 106 valence electrons. The minimum Gasteiger partial charge on any atom is -0.312 e. The fourth-order valence-corrected chi connectivity index (χ4v) is 3.17. The van der Waals surface area contributed by atoms with Crippen LogP contribution in [0.25, 0.3) is 10.8 Å². The molecule has 1 N–H and O–H groups in total. The third-order valence-electron chi connectivity index (χ3n) is 4.22. The molecule has 0 bridgehead atoms. The Morgan fingerprint density at radius 3 is 3.10 bits per heavy atom. The van der Waals surface area contributed by atoms with Crippen molar-refractivity contribution in [3.8, 4) is 0 Å². The van der Waals surface area contributed by atoms with Crippen molar-refractivity contribution in [1.29, 1.82) is 0 Å². The Labute approximate surface area is 121 Å². The molecule has 20 heavy (non-hydrogen) atoms. The van der Waals surface area contributed by atoms with Crippen LogP contribution in [-0.4, -0.2) is 36.6 Å². The summed E-state index contributed by atoms with van der Waals surface area (Å²) >= 11 is 0. The molecular weight excluding hydrogens is 246 g/mol. The second-order valence-corrected chi connectivity index (χ2v) is 5.92. The van der Waals surface area contributed by atoms with Crippen molar-refractivity contribution in [2.75, 3.05) is 26.7 Å². The molecule has 1 aliphatic heterocycles. The Bertz CT molecular complexity index is 562. The van der Waals surface area contributed by atoms with Crippen LogP contribution in [0.1, 0.15) is 18.4 Å². The average Bonchev–Trinajstić information content (AvgIpc) is 2.48. The van der Waals surface area contributed by atoms with Crippen LogP contribution in [0, 0.1) is 5.92 Å². The van der Waals surface area contributed by atoms with E-state index < -0.39 is 0 Å². The van der Waals surface area contributed by atoms with E-state index in [1.807, 2.05) is 12.4 Å². The molecule has 3 nitrogen and oxygen atoms in total. The summed E-state index contributed by atoms with van der Waals surface area (Å²) in [6, 6.07) is 8.48. The maximum Gasteiger partial charge on any atom is 0.0346 e. The number of nitrogens with zero attached hydrogens (tertiary/aromatic N) is 2. The van der Waals surface area contributed by atoms with Gasteiger partial charge in [0.2, 0.25) is 0 Å². The molecule has 0 saturated carbocycles. The molecule has 1 saturated heterocycles. The third kappa shape index (κ3) is 3.17. The normalized spacial score (nSPS) is 20.4. The number of aromatic nitrogens is 1. The molecule has 1 aromatic heterocycles. The Balaban J connectivity index is 1.60. The Hall–Kier alpha value is -1.45. The summed E-state index contributed by atoms with van der Waals surface area (Å²) in [5.74, 6) is 0.789. The lowest BCUT2D eigenvalue weighted by Gasteiger charge is -2.29. The summed E-state index contributed by atoms with van der Waals surface area (Å²) in [6.07, 6.45) is 6.61. The quantitative estimate of drug-likeness (QED) is 0.925. The van der Waals surface area contributed by atoms with Gasteiger partial charge in [0, 0.05) is 30.9 Å². The van der Waals surface area contributed by atoms with E-state index in [4.69, 9.17) is 0 Å². The van der Waals surface area contributed by atoms with Crippen molar-refractivity contribution in [2.24, 2.45) is 5.92 Å². The van der Waals surface area contributed by atoms with Crippen molar-refractivity contribution < 1.29 is 0 Å². The highest BCUT2D eigenvalue weighted by molar-refractivity contribution is 5.84. The van der Waals surface area contributed by atoms with Gasteiger partial charge >= 0.3 is 0 Å². The third-order valence-corrected chi connectivity index (χ3v) is 4.22. The molecule has 1 atom stereocenters. The van der Waals surface area contributed by atoms with Crippen LogP contribution < -0.4 is 5.32 Å². The first-order valence-electron chi connectivity index (χ1n) is 7.54. The molecule has 1 fully saturated rings. The lowest BCUT2D eigenvalue weighted by molar-refractivity contribution is 0.206. The van der Waals surface area contributed by atoms with Gasteiger partial charge in [-0.25, -0.2) is 0 Å². The number of hydrogen-bond acceptors (Lipinski definition) is 3. The van der Waals surface area contributed by atoms with Gasteiger partial charge in [0.15, 0.2) is 0 Å². The Morgan fingerprint density at radius 2 is 2.20 bits per heavy atom. The molecule has 1 aliphatic rings. The van der Waals surface area contributed by atoms with E-state index in [-0.39, 0.29) is 0 Å². The van der Waals surface area contributed by atoms with E-state index in [1.165, 1.54) is 42.3 Å². The van der Waals surface area contributed by atoms with Gasteiger partial charge < -0.3 is 10.2 Å². The monoisotopic (exact) mass is 269 g/mol. The minimum atomic E-state index is 0.789. The highest BCUT2D eigenvalue weighted by Crippen LogP contribution is 2.17. The SMILES string of the molecule is CN1CCCC(CNCc2cncc3ccccc23)C1. The van der Waals surface area contributed by atoms with Crippen LogP contribution in [0.4, 0.5) is 0 Å². The first-order valence-corrected chi connectivity index (χ1v) is 7.54. The van der Waals surface area contributed by atoms with E-state index in [1.54, 1.807) is 0 Å². The molecule has 3 rings (SSSR count). The van der Waals surface area contributed by atoms with E-state index in [2.05, 4.69) is 46.5 Å². The number of pyridine rings is 1. The predicted molar refractivity (Wildman–Crippen MR) is 83.7 cm³/mol. The van der Waals surface area contributed by atoms with E-state index in [0.29, 0.717) is 0 Å². The van der Waals surface area contributed by atoms with Gasteiger partial charge in [-0.1, -0.05) is 24.3 Å². The smallest absolute Gasteiger partial charge is 0.0346 e. The number of hydrogen-bond donors (Lipinski definition) is 1. The largest absolute Gasteiger partial charge is 0.312 e. The molecular formula is C17H23N3. The molecule has 2 aromatic rings. The number of benzene rings is 1. The lowest BCUT2D eigenvalue weighted by atomic mass is 9.98. The van der Waals surface area contributed by atoms with Gasteiger partial charge in [0.1, 0.15) is 0 Å². The molecule has 1 unspecified atom stereocenters. The topological polar surface area (TPSA) is 28.2 Å². The molecule has 0 amide bonds. The number of fused-ring (bicyclic) bond motifs is 1. The van der Waals surface area contributed by atoms with Crippen LogP contribution in [0.5, 0.6) is 0 Å². The van der Waals surface area contributed by atoms with E-state index in [9.17, 15) is 0 Å². The zero-order chi connectivity index (χ0) is 13.8. The molecule has 0 spiro atoms. The van der Waals surface area contributed by atoms with Gasteiger partial charge in [-0.3, -0.25) is 4.98 Å². The Morgan fingerprint density at radius 1 is 1.30 bits per heavy atom. The first-order chi connectivity index (χ1) is 9.83. The maximum absolute atomic E-state index is 4.34. The summed E-state index contributed by atoms with van der Waals surface area (Å²) in [5.41, 5.74) is 1.30. The fourth-order valence-electron chi connectivity index (χ4n) is 3.17. The first kappa shape index (κ1) is 13.5. The highest BCUT2D eigenvalue weighted by atomic mass is 15.1. The number of piperidine rings is 1. The molecule has 2 heterocycles.